The molecule has 0 heterocycles. The monoisotopic (exact) mass is 497 g/mol. The number of carbonyl (C=O) groups is 2. The summed E-state index contributed by atoms with van der Waals surface area (Å²) in [5, 5.41) is 9.83. The Bertz CT molecular complexity index is 1350. The zero-order chi connectivity index (χ0) is 26.2. The van der Waals surface area contributed by atoms with E-state index in [1.807, 2.05) is 84.9 Å². The first-order valence-electron chi connectivity index (χ1n) is 11.6. The van der Waals surface area contributed by atoms with Crippen LogP contribution < -0.4 is 14.2 Å². The molecule has 4 rings (SSSR count). The second-order valence-electron chi connectivity index (χ2n) is 8.26. The molecule has 0 radical (unpaired) electrons. The first-order chi connectivity index (χ1) is 18.0. The first-order valence-corrected chi connectivity index (χ1v) is 11.6. The molecule has 0 aliphatic rings. The highest BCUT2D eigenvalue weighted by molar-refractivity contribution is 6.05. The zero-order valence-electron chi connectivity index (χ0n) is 20.6. The summed E-state index contributed by atoms with van der Waals surface area (Å²) in [6, 6.07) is 29.2. The molecule has 1 amide bonds. The van der Waals surface area contributed by atoms with Crippen molar-refractivity contribution < 1.29 is 28.9 Å². The molecule has 0 saturated heterocycles. The Morgan fingerprint density at radius 1 is 0.676 bits per heavy atom. The van der Waals surface area contributed by atoms with Crippen molar-refractivity contribution in [2.24, 2.45) is 0 Å². The summed E-state index contributed by atoms with van der Waals surface area (Å²) in [5.74, 6) is 0.242. The van der Waals surface area contributed by atoms with Crippen LogP contribution in [0.3, 0.4) is 0 Å². The average molecular weight is 498 g/mol. The Labute approximate surface area is 215 Å². The number of ether oxygens (including phenoxy) is 3. The summed E-state index contributed by atoms with van der Waals surface area (Å²) in [4.78, 5) is 27.4. The van der Waals surface area contributed by atoms with E-state index in [9.17, 15) is 14.7 Å². The smallest absolute Gasteiger partial charge is 0.336 e. The van der Waals surface area contributed by atoms with Gasteiger partial charge >= 0.3 is 5.97 Å². The molecule has 7 heteroatoms. The van der Waals surface area contributed by atoms with E-state index in [0.717, 1.165) is 16.9 Å². The molecule has 0 bridgehead atoms. The maximum Gasteiger partial charge on any atom is 0.336 e. The molecule has 0 saturated carbocycles. The van der Waals surface area contributed by atoms with E-state index >= 15 is 0 Å². The summed E-state index contributed by atoms with van der Waals surface area (Å²) < 4.78 is 16.4. The van der Waals surface area contributed by atoms with Crippen molar-refractivity contribution in [1.82, 2.24) is 4.90 Å². The van der Waals surface area contributed by atoms with Gasteiger partial charge in [-0.05, 0) is 47.5 Å². The fourth-order valence-electron chi connectivity index (χ4n) is 3.91. The first kappa shape index (κ1) is 25.3. The zero-order valence-corrected chi connectivity index (χ0v) is 20.6. The van der Waals surface area contributed by atoms with Crippen molar-refractivity contribution in [2.75, 3.05) is 14.2 Å². The number of carbonyl (C=O) groups excluding carboxylic acids is 1. The van der Waals surface area contributed by atoms with Gasteiger partial charge in [-0.25, -0.2) is 4.79 Å². The molecule has 0 atom stereocenters. The van der Waals surface area contributed by atoms with Gasteiger partial charge in [0.2, 0.25) is 0 Å². The fourth-order valence-corrected chi connectivity index (χ4v) is 3.91. The number of methoxy groups -OCH3 is 2. The van der Waals surface area contributed by atoms with Crippen LogP contribution in [0.15, 0.2) is 97.1 Å². The van der Waals surface area contributed by atoms with Gasteiger partial charge in [-0.2, -0.15) is 0 Å². The highest BCUT2D eigenvalue weighted by atomic mass is 16.5. The van der Waals surface area contributed by atoms with Gasteiger partial charge in [0.15, 0.2) is 11.5 Å². The molecule has 0 unspecified atom stereocenters. The minimum absolute atomic E-state index is 0.0186. The van der Waals surface area contributed by atoms with Crippen molar-refractivity contribution in [3.05, 3.63) is 119 Å². The van der Waals surface area contributed by atoms with Crippen LogP contribution in [0, 0.1) is 0 Å². The fraction of sp³-hybridized carbons (Fsp3) is 0.133. The molecule has 37 heavy (non-hydrogen) atoms. The topological polar surface area (TPSA) is 85.3 Å². The van der Waals surface area contributed by atoms with Gasteiger partial charge in [0.05, 0.1) is 25.3 Å². The molecule has 0 aliphatic heterocycles. The molecule has 1 N–H and O–H groups in total. The van der Waals surface area contributed by atoms with E-state index in [1.165, 1.54) is 26.4 Å². The summed E-state index contributed by atoms with van der Waals surface area (Å²) in [7, 11) is 2.85. The third-order valence-electron chi connectivity index (χ3n) is 5.76. The largest absolute Gasteiger partial charge is 0.493 e. The predicted octanol–water partition coefficient (Wildman–Crippen LogP) is 6.04. The van der Waals surface area contributed by atoms with Gasteiger partial charge in [-0.1, -0.05) is 60.7 Å². The number of carboxylic acid groups (broad SMARTS) is 1. The molecule has 4 aromatic carbocycles. The number of nitrogens with zero attached hydrogens (tertiary/aromatic N) is 1. The van der Waals surface area contributed by atoms with Crippen LogP contribution in [0.1, 0.15) is 31.8 Å². The highest BCUT2D eigenvalue weighted by Crippen LogP contribution is 2.32. The minimum Gasteiger partial charge on any atom is -0.493 e. The van der Waals surface area contributed by atoms with Crippen molar-refractivity contribution in [3.8, 4) is 23.0 Å². The minimum atomic E-state index is -1.23. The number of carboxylic acids is 1. The van der Waals surface area contributed by atoms with Crippen LogP contribution in [0.25, 0.3) is 0 Å². The third-order valence-corrected chi connectivity index (χ3v) is 5.76. The van der Waals surface area contributed by atoms with Crippen molar-refractivity contribution in [2.45, 2.75) is 13.1 Å². The van der Waals surface area contributed by atoms with E-state index in [-0.39, 0.29) is 35.7 Å². The van der Waals surface area contributed by atoms with Gasteiger partial charge < -0.3 is 24.2 Å². The second kappa shape index (κ2) is 11.8. The van der Waals surface area contributed by atoms with Gasteiger partial charge in [0.1, 0.15) is 11.5 Å². The van der Waals surface area contributed by atoms with Crippen LogP contribution in [0.5, 0.6) is 23.0 Å². The maximum absolute atomic E-state index is 13.8. The summed E-state index contributed by atoms with van der Waals surface area (Å²) in [6.45, 7) is 0.544. The lowest BCUT2D eigenvalue weighted by Crippen LogP contribution is -2.31. The van der Waals surface area contributed by atoms with Gasteiger partial charge in [-0.15, -0.1) is 0 Å². The lowest BCUT2D eigenvalue weighted by atomic mass is 10.0. The van der Waals surface area contributed by atoms with E-state index in [0.29, 0.717) is 5.75 Å². The predicted molar refractivity (Wildman–Crippen MR) is 139 cm³/mol. The van der Waals surface area contributed by atoms with Crippen LogP contribution >= 0.6 is 0 Å². The number of para-hydroxylation sites is 1. The Hall–Kier alpha value is -4.78. The maximum atomic E-state index is 13.8. The van der Waals surface area contributed by atoms with E-state index < -0.39 is 11.9 Å². The van der Waals surface area contributed by atoms with Crippen LogP contribution in [0.2, 0.25) is 0 Å². The Morgan fingerprint density at radius 2 is 1.16 bits per heavy atom. The van der Waals surface area contributed by atoms with Crippen molar-refractivity contribution in [3.63, 3.8) is 0 Å². The van der Waals surface area contributed by atoms with Crippen molar-refractivity contribution in [1.29, 1.82) is 0 Å². The van der Waals surface area contributed by atoms with Gasteiger partial charge in [0.25, 0.3) is 5.91 Å². The van der Waals surface area contributed by atoms with E-state index in [1.54, 1.807) is 4.90 Å². The summed E-state index contributed by atoms with van der Waals surface area (Å²) in [6.07, 6.45) is 0. The molecule has 0 aromatic heterocycles. The Morgan fingerprint density at radius 3 is 1.70 bits per heavy atom. The molecular formula is C30H27NO6. The molecule has 0 spiro atoms. The molecule has 188 valence electrons. The summed E-state index contributed by atoms with van der Waals surface area (Å²) >= 11 is 0. The standard InChI is InChI=1S/C30H27NO6/c1-35-27-17-25(26(30(33)34)18-28(27)36-2)29(32)31(19-21-9-5-3-6-10-21)20-22-13-15-24(16-14-22)37-23-11-7-4-8-12-23/h3-18H,19-20H2,1-2H3,(H,33,34). The van der Waals surface area contributed by atoms with Crippen LogP contribution in [0.4, 0.5) is 0 Å². The quantitative estimate of drug-likeness (QED) is 0.288. The third kappa shape index (κ3) is 6.27. The van der Waals surface area contributed by atoms with E-state index in [2.05, 4.69) is 0 Å². The molecular weight excluding hydrogens is 470 g/mol. The number of rotatable bonds is 10. The number of benzene rings is 4. The molecule has 0 fully saturated rings. The Balaban J connectivity index is 1.65. The number of hydrogen-bond acceptors (Lipinski definition) is 5. The molecule has 0 aliphatic carbocycles. The average Bonchev–Trinajstić information content (AvgIpc) is 2.93. The summed E-state index contributed by atoms with van der Waals surface area (Å²) in [5.41, 5.74) is 1.64. The Kier molecular flexibility index (Phi) is 8.05. The van der Waals surface area contributed by atoms with Crippen molar-refractivity contribution >= 4 is 11.9 Å². The molecule has 4 aromatic rings. The number of hydrogen-bond donors (Lipinski definition) is 1. The van der Waals surface area contributed by atoms with Gasteiger partial charge in [0, 0.05) is 13.1 Å². The SMILES string of the molecule is COc1cc(C(=O)O)c(C(=O)N(Cc2ccccc2)Cc2ccc(Oc3ccccc3)cc2)cc1OC. The highest BCUT2D eigenvalue weighted by Gasteiger charge is 2.25. The lowest BCUT2D eigenvalue weighted by molar-refractivity contribution is 0.0667. The lowest BCUT2D eigenvalue weighted by Gasteiger charge is -2.24. The van der Waals surface area contributed by atoms with Crippen LogP contribution in [-0.2, 0) is 13.1 Å². The van der Waals surface area contributed by atoms with Gasteiger partial charge in [-0.3, -0.25) is 4.79 Å². The number of aromatic carboxylic acids is 1. The molecule has 7 nitrogen and oxygen atoms in total. The van der Waals surface area contributed by atoms with Crippen LogP contribution in [-0.4, -0.2) is 36.1 Å². The number of amides is 1. The van der Waals surface area contributed by atoms with E-state index in [4.69, 9.17) is 14.2 Å². The normalized spacial score (nSPS) is 10.4. The second-order valence-corrected chi connectivity index (χ2v) is 8.26.